The van der Waals surface area contributed by atoms with E-state index in [-0.39, 0.29) is 11.9 Å². The molecule has 4 heteroatoms. The predicted octanol–water partition coefficient (Wildman–Crippen LogP) is 1.86. The molecule has 1 aliphatic heterocycles. The summed E-state index contributed by atoms with van der Waals surface area (Å²) in [5.74, 6) is 0.672. The minimum Gasteiger partial charge on any atom is -0.309 e. The van der Waals surface area contributed by atoms with Crippen LogP contribution < -0.4 is 10.6 Å². The van der Waals surface area contributed by atoms with Gasteiger partial charge < -0.3 is 10.6 Å². The fraction of sp³-hybridized carbons (Fsp3) is 0.538. The van der Waals surface area contributed by atoms with Crippen LogP contribution in [0.25, 0.3) is 0 Å². The molecule has 2 rings (SSSR count). The molecule has 1 fully saturated rings. The zero-order valence-corrected chi connectivity index (χ0v) is 10.2. The SMILES string of the molecule is Cc1ccnc(NC(=O)C2CCCCCN2)c1. The van der Waals surface area contributed by atoms with Gasteiger partial charge in [0.15, 0.2) is 0 Å². The number of aryl methyl sites for hydroxylation is 1. The molecule has 0 saturated carbocycles. The standard InChI is InChI=1S/C13H19N3O/c1-10-6-8-15-12(9-10)16-13(17)11-5-3-2-4-7-14-11/h6,8-9,11,14H,2-5,7H2,1H3,(H,15,16,17). The highest BCUT2D eigenvalue weighted by atomic mass is 16.2. The van der Waals surface area contributed by atoms with E-state index in [0.29, 0.717) is 5.82 Å². The molecule has 1 aliphatic rings. The Morgan fingerprint density at radius 2 is 2.35 bits per heavy atom. The van der Waals surface area contributed by atoms with Crippen molar-refractivity contribution in [1.82, 2.24) is 10.3 Å². The molecule has 92 valence electrons. The van der Waals surface area contributed by atoms with Gasteiger partial charge in [-0.2, -0.15) is 0 Å². The van der Waals surface area contributed by atoms with Crippen LogP contribution >= 0.6 is 0 Å². The van der Waals surface area contributed by atoms with Crippen LogP contribution in [0, 0.1) is 6.92 Å². The van der Waals surface area contributed by atoms with Gasteiger partial charge in [-0.05, 0) is 44.0 Å². The van der Waals surface area contributed by atoms with Crippen molar-refractivity contribution in [3.05, 3.63) is 23.9 Å². The van der Waals surface area contributed by atoms with Crippen molar-refractivity contribution in [1.29, 1.82) is 0 Å². The zero-order chi connectivity index (χ0) is 12.1. The third kappa shape index (κ3) is 3.53. The Hall–Kier alpha value is -1.42. The second-order valence-corrected chi connectivity index (χ2v) is 4.56. The number of amides is 1. The van der Waals surface area contributed by atoms with Gasteiger partial charge in [-0.15, -0.1) is 0 Å². The van der Waals surface area contributed by atoms with Crippen molar-refractivity contribution < 1.29 is 4.79 Å². The molecule has 0 radical (unpaired) electrons. The molecule has 0 aliphatic carbocycles. The third-order valence-corrected chi connectivity index (χ3v) is 3.04. The van der Waals surface area contributed by atoms with E-state index in [1.807, 2.05) is 19.1 Å². The Morgan fingerprint density at radius 3 is 3.18 bits per heavy atom. The summed E-state index contributed by atoms with van der Waals surface area (Å²) in [6.45, 7) is 2.92. The van der Waals surface area contributed by atoms with Gasteiger partial charge in [0, 0.05) is 6.20 Å². The number of anilines is 1. The molecule has 1 aromatic heterocycles. The number of nitrogens with zero attached hydrogens (tertiary/aromatic N) is 1. The fourth-order valence-corrected chi connectivity index (χ4v) is 2.07. The first-order valence-corrected chi connectivity index (χ1v) is 6.22. The van der Waals surface area contributed by atoms with Gasteiger partial charge in [0.1, 0.15) is 5.82 Å². The van der Waals surface area contributed by atoms with Gasteiger partial charge in [-0.3, -0.25) is 4.79 Å². The lowest BCUT2D eigenvalue weighted by Crippen LogP contribution is -2.40. The molecule has 17 heavy (non-hydrogen) atoms. The lowest BCUT2D eigenvalue weighted by atomic mass is 10.1. The number of pyridine rings is 1. The van der Waals surface area contributed by atoms with Crippen molar-refractivity contribution in [2.75, 3.05) is 11.9 Å². The summed E-state index contributed by atoms with van der Waals surface area (Å²) in [6, 6.07) is 3.73. The first-order valence-electron chi connectivity index (χ1n) is 6.22. The second-order valence-electron chi connectivity index (χ2n) is 4.56. The molecule has 1 amide bonds. The highest BCUT2D eigenvalue weighted by molar-refractivity contribution is 5.94. The van der Waals surface area contributed by atoms with Crippen LogP contribution in [0.4, 0.5) is 5.82 Å². The number of aromatic nitrogens is 1. The lowest BCUT2D eigenvalue weighted by molar-refractivity contribution is -0.118. The highest BCUT2D eigenvalue weighted by Crippen LogP contribution is 2.11. The normalized spacial score (nSPS) is 20.6. The van der Waals surface area contributed by atoms with E-state index in [1.54, 1.807) is 6.20 Å². The van der Waals surface area contributed by atoms with Crippen LogP contribution in [-0.2, 0) is 4.79 Å². The van der Waals surface area contributed by atoms with E-state index < -0.39 is 0 Å². The topological polar surface area (TPSA) is 54.0 Å². The largest absolute Gasteiger partial charge is 0.309 e. The molecule has 1 saturated heterocycles. The third-order valence-electron chi connectivity index (χ3n) is 3.04. The minimum atomic E-state index is -0.0696. The number of carbonyl (C=O) groups excluding carboxylic acids is 1. The van der Waals surface area contributed by atoms with E-state index in [2.05, 4.69) is 15.6 Å². The summed E-state index contributed by atoms with van der Waals surface area (Å²) in [6.07, 6.45) is 6.11. The summed E-state index contributed by atoms with van der Waals surface area (Å²) >= 11 is 0. The van der Waals surface area contributed by atoms with Crippen molar-refractivity contribution >= 4 is 11.7 Å². The molecule has 2 N–H and O–H groups in total. The van der Waals surface area contributed by atoms with E-state index in [4.69, 9.17) is 0 Å². The Labute approximate surface area is 102 Å². The van der Waals surface area contributed by atoms with Gasteiger partial charge in [-0.25, -0.2) is 4.98 Å². The van der Waals surface area contributed by atoms with E-state index in [9.17, 15) is 4.79 Å². The van der Waals surface area contributed by atoms with Gasteiger partial charge >= 0.3 is 0 Å². The summed E-state index contributed by atoms with van der Waals surface area (Å²) in [4.78, 5) is 16.2. The summed E-state index contributed by atoms with van der Waals surface area (Å²) < 4.78 is 0. The van der Waals surface area contributed by atoms with Crippen LogP contribution in [0.15, 0.2) is 18.3 Å². The lowest BCUT2D eigenvalue weighted by Gasteiger charge is -2.15. The molecular weight excluding hydrogens is 214 g/mol. The number of rotatable bonds is 2. The van der Waals surface area contributed by atoms with Gasteiger partial charge in [0.25, 0.3) is 0 Å². The van der Waals surface area contributed by atoms with Gasteiger partial charge in [0.05, 0.1) is 6.04 Å². The Morgan fingerprint density at radius 1 is 1.47 bits per heavy atom. The summed E-state index contributed by atoms with van der Waals surface area (Å²) in [5, 5.41) is 6.14. The molecule has 1 atom stereocenters. The maximum absolute atomic E-state index is 12.0. The maximum atomic E-state index is 12.0. The molecule has 2 heterocycles. The quantitative estimate of drug-likeness (QED) is 0.819. The van der Waals surface area contributed by atoms with Crippen molar-refractivity contribution in [2.24, 2.45) is 0 Å². The number of hydrogen-bond donors (Lipinski definition) is 2. The average molecular weight is 233 g/mol. The molecule has 1 unspecified atom stereocenters. The highest BCUT2D eigenvalue weighted by Gasteiger charge is 2.19. The summed E-state index contributed by atoms with van der Waals surface area (Å²) in [5.41, 5.74) is 1.10. The predicted molar refractivity (Wildman–Crippen MR) is 67.9 cm³/mol. The first-order chi connectivity index (χ1) is 8.25. The smallest absolute Gasteiger partial charge is 0.242 e. The number of nitrogens with one attached hydrogen (secondary N) is 2. The Kier molecular flexibility index (Phi) is 4.09. The first kappa shape index (κ1) is 12.0. The van der Waals surface area contributed by atoms with E-state index in [0.717, 1.165) is 31.4 Å². The number of hydrogen-bond acceptors (Lipinski definition) is 3. The molecule has 0 bridgehead atoms. The second kappa shape index (κ2) is 5.77. The monoisotopic (exact) mass is 233 g/mol. The maximum Gasteiger partial charge on any atom is 0.242 e. The van der Waals surface area contributed by atoms with Crippen LogP contribution in [0.5, 0.6) is 0 Å². The molecular formula is C13H19N3O. The van der Waals surface area contributed by atoms with Crippen LogP contribution in [0.3, 0.4) is 0 Å². The van der Waals surface area contributed by atoms with Gasteiger partial charge in [0.2, 0.25) is 5.91 Å². The zero-order valence-electron chi connectivity index (χ0n) is 10.2. The van der Waals surface area contributed by atoms with Crippen molar-refractivity contribution in [2.45, 2.75) is 38.6 Å². The fourth-order valence-electron chi connectivity index (χ4n) is 2.07. The molecule has 0 aromatic carbocycles. The van der Waals surface area contributed by atoms with Crippen molar-refractivity contribution in [3.8, 4) is 0 Å². The Bertz CT molecular complexity index is 384. The average Bonchev–Trinajstić information content (AvgIpc) is 2.57. The van der Waals surface area contributed by atoms with Crippen molar-refractivity contribution in [3.63, 3.8) is 0 Å². The van der Waals surface area contributed by atoms with Crippen LogP contribution in [0.1, 0.15) is 31.2 Å². The summed E-state index contributed by atoms with van der Waals surface area (Å²) in [7, 11) is 0. The van der Waals surface area contributed by atoms with E-state index >= 15 is 0 Å². The van der Waals surface area contributed by atoms with Crippen LogP contribution in [0.2, 0.25) is 0 Å². The molecule has 4 nitrogen and oxygen atoms in total. The Balaban J connectivity index is 1.95. The van der Waals surface area contributed by atoms with Gasteiger partial charge in [-0.1, -0.05) is 12.8 Å². The number of carbonyl (C=O) groups is 1. The minimum absolute atomic E-state index is 0.0324. The van der Waals surface area contributed by atoms with Crippen LogP contribution in [-0.4, -0.2) is 23.5 Å². The van der Waals surface area contributed by atoms with E-state index in [1.165, 1.54) is 6.42 Å². The molecule has 0 spiro atoms. The molecule has 1 aromatic rings.